The maximum Gasteiger partial charge on any atom is 0.249 e. The van der Waals surface area contributed by atoms with E-state index in [4.69, 9.17) is 4.74 Å². The van der Waals surface area contributed by atoms with Crippen molar-refractivity contribution >= 4 is 17.2 Å². The van der Waals surface area contributed by atoms with Gasteiger partial charge in [0.2, 0.25) is 5.91 Å². The van der Waals surface area contributed by atoms with Gasteiger partial charge in [-0.1, -0.05) is 6.07 Å². The second-order valence-electron chi connectivity index (χ2n) is 4.74. The van der Waals surface area contributed by atoms with Crippen LogP contribution in [0.2, 0.25) is 0 Å². The Labute approximate surface area is 121 Å². The zero-order valence-corrected chi connectivity index (χ0v) is 11.9. The Balaban J connectivity index is 1.70. The summed E-state index contributed by atoms with van der Waals surface area (Å²) in [7, 11) is 0. The zero-order chi connectivity index (χ0) is 13.8. The van der Waals surface area contributed by atoms with Crippen molar-refractivity contribution in [2.24, 2.45) is 0 Å². The van der Waals surface area contributed by atoms with E-state index in [2.05, 4.69) is 15.7 Å². The third kappa shape index (κ3) is 2.89. The van der Waals surface area contributed by atoms with E-state index < -0.39 is 0 Å². The fourth-order valence-electron chi connectivity index (χ4n) is 2.32. The van der Waals surface area contributed by atoms with Crippen molar-refractivity contribution in [1.29, 1.82) is 0 Å². The molecule has 0 aromatic carbocycles. The molecule has 20 heavy (non-hydrogen) atoms. The number of carbonyl (C=O) groups excluding carboxylic acids is 1. The van der Waals surface area contributed by atoms with Crippen molar-refractivity contribution in [3.63, 3.8) is 0 Å². The molecule has 4 nitrogen and oxygen atoms in total. The van der Waals surface area contributed by atoms with Crippen LogP contribution in [0.25, 0.3) is 11.3 Å². The predicted molar refractivity (Wildman–Crippen MR) is 78.4 cm³/mol. The Morgan fingerprint density at radius 3 is 3.20 bits per heavy atom. The molecule has 1 aliphatic heterocycles. The number of carbonyl (C=O) groups is 1. The van der Waals surface area contributed by atoms with Crippen LogP contribution in [-0.4, -0.2) is 23.6 Å². The summed E-state index contributed by atoms with van der Waals surface area (Å²) in [5, 5.41) is 7.03. The number of hydrogen-bond acceptors (Lipinski definition) is 4. The van der Waals surface area contributed by atoms with Crippen LogP contribution in [0.15, 0.2) is 35.2 Å². The van der Waals surface area contributed by atoms with E-state index >= 15 is 0 Å². The van der Waals surface area contributed by atoms with Gasteiger partial charge in [0, 0.05) is 30.3 Å². The van der Waals surface area contributed by atoms with Crippen molar-refractivity contribution < 1.29 is 9.53 Å². The molecule has 0 bridgehead atoms. The summed E-state index contributed by atoms with van der Waals surface area (Å²) in [4.78, 5) is 16.4. The Bertz CT molecular complexity index is 577. The minimum atomic E-state index is -0.281. The zero-order valence-electron chi connectivity index (χ0n) is 11.0. The summed E-state index contributed by atoms with van der Waals surface area (Å²) < 4.78 is 5.38. The lowest BCUT2D eigenvalue weighted by Crippen LogP contribution is -2.33. The standard InChI is InChI=1S/C15H16N2O2S/c18-15(13-4-2-7-19-13)17-9-11-3-1-6-16-14(11)12-5-8-20-10-12/h1,3,5-6,8,10,13H,2,4,7,9H2,(H,17,18)/t13-/m0/s1. The van der Waals surface area contributed by atoms with Gasteiger partial charge in [-0.2, -0.15) is 11.3 Å². The summed E-state index contributed by atoms with van der Waals surface area (Å²) in [5.41, 5.74) is 3.05. The number of ether oxygens (including phenoxy) is 1. The van der Waals surface area contributed by atoms with E-state index in [0.717, 1.165) is 29.7 Å². The number of rotatable bonds is 4. The molecule has 5 heteroatoms. The highest BCUT2D eigenvalue weighted by Crippen LogP contribution is 2.23. The van der Waals surface area contributed by atoms with Gasteiger partial charge < -0.3 is 10.1 Å². The maximum absolute atomic E-state index is 12.0. The first kappa shape index (κ1) is 13.3. The molecule has 1 amide bonds. The van der Waals surface area contributed by atoms with Gasteiger partial charge >= 0.3 is 0 Å². The van der Waals surface area contributed by atoms with Gasteiger partial charge in [-0.25, -0.2) is 0 Å². The van der Waals surface area contributed by atoms with Crippen LogP contribution in [0.5, 0.6) is 0 Å². The van der Waals surface area contributed by atoms with Crippen LogP contribution in [0.1, 0.15) is 18.4 Å². The van der Waals surface area contributed by atoms with Gasteiger partial charge in [-0.15, -0.1) is 0 Å². The predicted octanol–water partition coefficient (Wildman–Crippen LogP) is 2.61. The molecule has 0 radical (unpaired) electrons. The van der Waals surface area contributed by atoms with Crippen LogP contribution >= 0.6 is 11.3 Å². The summed E-state index contributed by atoms with van der Waals surface area (Å²) in [5.74, 6) is -0.0254. The molecule has 0 saturated carbocycles. The molecule has 2 aromatic rings. The molecule has 1 aliphatic rings. The van der Waals surface area contributed by atoms with Gasteiger partial charge in [0.25, 0.3) is 0 Å². The number of pyridine rings is 1. The van der Waals surface area contributed by atoms with Crippen LogP contribution in [-0.2, 0) is 16.1 Å². The summed E-state index contributed by atoms with van der Waals surface area (Å²) in [6.45, 7) is 1.17. The van der Waals surface area contributed by atoms with E-state index in [1.807, 2.05) is 23.6 Å². The van der Waals surface area contributed by atoms with Crippen molar-refractivity contribution in [3.8, 4) is 11.3 Å². The van der Waals surface area contributed by atoms with Gasteiger partial charge in [-0.3, -0.25) is 9.78 Å². The monoisotopic (exact) mass is 288 g/mol. The van der Waals surface area contributed by atoms with Crippen LogP contribution in [0.3, 0.4) is 0 Å². The Hall–Kier alpha value is -1.72. The molecule has 1 fully saturated rings. The molecular formula is C15H16N2O2S. The second-order valence-corrected chi connectivity index (χ2v) is 5.52. The second kappa shape index (κ2) is 6.15. The van der Waals surface area contributed by atoms with Crippen LogP contribution < -0.4 is 5.32 Å². The first-order chi connectivity index (χ1) is 9.84. The SMILES string of the molecule is O=C(NCc1cccnc1-c1ccsc1)[C@@H]1CCCO1. The summed E-state index contributed by atoms with van der Waals surface area (Å²) >= 11 is 1.64. The molecule has 1 atom stereocenters. The first-order valence-electron chi connectivity index (χ1n) is 6.70. The summed E-state index contributed by atoms with van der Waals surface area (Å²) in [6.07, 6.45) is 3.27. The lowest BCUT2D eigenvalue weighted by molar-refractivity contribution is -0.130. The van der Waals surface area contributed by atoms with Gasteiger partial charge in [0.15, 0.2) is 0 Å². The Kier molecular flexibility index (Phi) is 4.08. The minimum absolute atomic E-state index is 0.0254. The molecule has 1 saturated heterocycles. The van der Waals surface area contributed by atoms with Crippen molar-refractivity contribution in [2.45, 2.75) is 25.5 Å². The number of nitrogens with zero attached hydrogens (tertiary/aromatic N) is 1. The van der Waals surface area contributed by atoms with Gasteiger partial charge in [0.1, 0.15) is 6.10 Å². The molecule has 3 heterocycles. The van der Waals surface area contributed by atoms with Gasteiger partial charge in [-0.05, 0) is 35.9 Å². The average Bonchev–Trinajstić information content (AvgIpc) is 3.17. The Morgan fingerprint density at radius 1 is 1.50 bits per heavy atom. The van der Waals surface area contributed by atoms with E-state index in [-0.39, 0.29) is 12.0 Å². The number of nitrogens with one attached hydrogen (secondary N) is 1. The molecule has 3 rings (SSSR count). The first-order valence-corrected chi connectivity index (χ1v) is 7.64. The van der Waals surface area contributed by atoms with Gasteiger partial charge in [0.05, 0.1) is 5.69 Å². The lowest BCUT2D eigenvalue weighted by Gasteiger charge is -2.12. The quantitative estimate of drug-likeness (QED) is 0.941. The molecule has 0 spiro atoms. The van der Waals surface area contributed by atoms with Crippen molar-refractivity contribution in [3.05, 3.63) is 40.7 Å². The molecule has 1 N–H and O–H groups in total. The highest BCUT2D eigenvalue weighted by molar-refractivity contribution is 7.08. The van der Waals surface area contributed by atoms with E-state index in [0.29, 0.717) is 13.2 Å². The minimum Gasteiger partial charge on any atom is -0.368 e. The number of amides is 1. The van der Waals surface area contributed by atoms with Crippen LogP contribution in [0, 0.1) is 0 Å². The largest absolute Gasteiger partial charge is 0.368 e. The topological polar surface area (TPSA) is 51.2 Å². The van der Waals surface area contributed by atoms with E-state index in [9.17, 15) is 4.79 Å². The number of thiophene rings is 1. The smallest absolute Gasteiger partial charge is 0.249 e. The molecule has 0 unspecified atom stereocenters. The third-order valence-corrected chi connectivity index (χ3v) is 4.04. The van der Waals surface area contributed by atoms with Crippen molar-refractivity contribution in [2.75, 3.05) is 6.61 Å². The van der Waals surface area contributed by atoms with Crippen molar-refractivity contribution in [1.82, 2.24) is 10.3 Å². The Morgan fingerprint density at radius 2 is 2.45 bits per heavy atom. The fourth-order valence-corrected chi connectivity index (χ4v) is 2.96. The van der Waals surface area contributed by atoms with E-state index in [1.165, 1.54) is 0 Å². The highest BCUT2D eigenvalue weighted by Gasteiger charge is 2.23. The fraction of sp³-hybridized carbons (Fsp3) is 0.333. The van der Waals surface area contributed by atoms with E-state index in [1.54, 1.807) is 17.5 Å². The third-order valence-electron chi connectivity index (χ3n) is 3.36. The number of aromatic nitrogens is 1. The molecule has 0 aliphatic carbocycles. The maximum atomic E-state index is 12.0. The molecule has 2 aromatic heterocycles. The summed E-state index contributed by atoms with van der Waals surface area (Å²) in [6, 6.07) is 5.93. The normalized spacial score (nSPS) is 18.1. The molecule has 104 valence electrons. The van der Waals surface area contributed by atoms with Crippen LogP contribution in [0.4, 0.5) is 0 Å². The highest BCUT2D eigenvalue weighted by atomic mass is 32.1. The lowest BCUT2D eigenvalue weighted by atomic mass is 10.1. The number of hydrogen-bond donors (Lipinski definition) is 1. The average molecular weight is 288 g/mol. The molecular weight excluding hydrogens is 272 g/mol.